The van der Waals surface area contributed by atoms with Crippen molar-refractivity contribution in [2.75, 3.05) is 37.3 Å². The maximum absolute atomic E-state index is 5.98. The number of pyridine rings is 1. The van der Waals surface area contributed by atoms with E-state index in [1.165, 1.54) is 0 Å². The van der Waals surface area contributed by atoms with Crippen LogP contribution < -0.4 is 10.6 Å². The third-order valence-electron chi connectivity index (χ3n) is 3.12. The van der Waals surface area contributed by atoms with Crippen molar-refractivity contribution in [1.29, 1.82) is 0 Å². The molecule has 4 nitrogen and oxygen atoms in total. The lowest BCUT2D eigenvalue weighted by atomic mass is 10.2. The molecule has 2 rings (SSSR count). The Kier molecular flexibility index (Phi) is 3.35. The first kappa shape index (κ1) is 11.7. The van der Waals surface area contributed by atoms with E-state index in [4.69, 9.17) is 5.73 Å². The molecule has 0 bridgehead atoms. The molecule has 0 spiro atoms. The minimum absolute atomic E-state index is 0.540. The fourth-order valence-electron chi connectivity index (χ4n) is 1.95. The van der Waals surface area contributed by atoms with E-state index < -0.39 is 0 Å². The largest absolute Gasteiger partial charge is 0.396 e. The van der Waals surface area contributed by atoms with Crippen molar-refractivity contribution in [2.24, 2.45) is 0 Å². The molecule has 0 aliphatic carbocycles. The predicted molar refractivity (Wildman–Crippen MR) is 70.7 cm³/mol. The van der Waals surface area contributed by atoms with Gasteiger partial charge in [0, 0.05) is 36.3 Å². The van der Waals surface area contributed by atoms with Crippen molar-refractivity contribution in [2.45, 2.75) is 13.0 Å². The molecular weight excluding hydrogens is 268 g/mol. The number of anilines is 2. The van der Waals surface area contributed by atoms with Gasteiger partial charge < -0.3 is 15.5 Å². The number of hydrogen-bond donors (Lipinski definition) is 1. The van der Waals surface area contributed by atoms with Crippen LogP contribution in [0, 0.1) is 0 Å². The monoisotopic (exact) mass is 284 g/mol. The molecule has 0 amide bonds. The van der Waals surface area contributed by atoms with Gasteiger partial charge in [-0.3, -0.25) is 0 Å². The zero-order valence-electron chi connectivity index (χ0n) is 9.65. The van der Waals surface area contributed by atoms with Crippen LogP contribution in [-0.4, -0.2) is 42.6 Å². The maximum Gasteiger partial charge on any atom is 0.151 e. The van der Waals surface area contributed by atoms with Gasteiger partial charge in [-0.05, 0) is 36.0 Å². The molecule has 1 atom stereocenters. The van der Waals surface area contributed by atoms with Crippen molar-refractivity contribution in [3.8, 4) is 0 Å². The molecule has 16 heavy (non-hydrogen) atoms. The summed E-state index contributed by atoms with van der Waals surface area (Å²) in [7, 11) is 2.15. The lowest BCUT2D eigenvalue weighted by molar-refractivity contribution is 0.233. The fraction of sp³-hybridized carbons (Fsp3) is 0.545. The van der Waals surface area contributed by atoms with Gasteiger partial charge >= 0.3 is 0 Å². The van der Waals surface area contributed by atoms with Gasteiger partial charge in [0.15, 0.2) is 5.82 Å². The lowest BCUT2D eigenvalue weighted by Gasteiger charge is -2.38. The van der Waals surface area contributed by atoms with Crippen molar-refractivity contribution in [3.05, 3.63) is 16.7 Å². The molecule has 0 saturated carbocycles. The SMILES string of the molecule is CC1CN(c2ncc(Br)cc2N)CCN1C. The standard InChI is InChI=1S/C11H17BrN4/c1-8-7-16(4-3-15(8)2)11-10(13)5-9(12)6-14-11/h5-6,8H,3-4,7,13H2,1-2H3. The normalized spacial score (nSPS) is 22.4. The highest BCUT2D eigenvalue weighted by Crippen LogP contribution is 2.25. The Hall–Kier alpha value is -0.810. The van der Waals surface area contributed by atoms with E-state index >= 15 is 0 Å². The quantitative estimate of drug-likeness (QED) is 0.850. The topological polar surface area (TPSA) is 45.4 Å². The fourth-order valence-corrected chi connectivity index (χ4v) is 2.30. The van der Waals surface area contributed by atoms with Gasteiger partial charge in [0.05, 0.1) is 5.69 Å². The van der Waals surface area contributed by atoms with Gasteiger partial charge in [0.1, 0.15) is 0 Å². The van der Waals surface area contributed by atoms with Gasteiger partial charge in [-0.1, -0.05) is 0 Å². The van der Waals surface area contributed by atoms with Gasteiger partial charge in [-0.15, -0.1) is 0 Å². The highest BCUT2D eigenvalue weighted by Gasteiger charge is 2.22. The van der Waals surface area contributed by atoms with E-state index in [1.807, 2.05) is 6.07 Å². The second-order valence-corrected chi connectivity index (χ2v) is 5.26. The zero-order chi connectivity index (χ0) is 11.7. The highest BCUT2D eigenvalue weighted by molar-refractivity contribution is 9.10. The molecule has 1 aromatic heterocycles. The summed E-state index contributed by atoms with van der Waals surface area (Å²) in [4.78, 5) is 9.01. The molecule has 88 valence electrons. The molecular formula is C11H17BrN4. The summed E-state index contributed by atoms with van der Waals surface area (Å²) >= 11 is 3.37. The minimum atomic E-state index is 0.540. The summed E-state index contributed by atoms with van der Waals surface area (Å²) in [5.41, 5.74) is 6.73. The number of nitrogen functional groups attached to an aromatic ring is 1. The molecule has 1 unspecified atom stereocenters. The van der Waals surface area contributed by atoms with Crippen molar-refractivity contribution in [3.63, 3.8) is 0 Å². The first-order chi connectivity index (χ1) is 7.58. The van der Waals surface area contributed by atoms with Gasteiger partial charge in [-0.2, -0.15) is 0 Å². The Morgan fingerprint density at radius 3 is 2.88 bits per heavy atom. The second kappa shape index (κ2) is 4.59. The van der Waals surface area contributed by atoms with Crippen molar-refractivity contribution >= 4 is 27.4 Å². The first-order valence-corrected chi connectivity index (χ1v) is 6.23. The molecule has 1 fully saturated rings. The number of hydrogen-bond acceptors (Lipinski definition) is 4. The number of rotatable bonds is 1. The molecule has 1 aliphatic rings. The zero-order valence-corrected chi connectivity index (χ0v) is 11.2. The number of halogens is 1. The van der Waals surface area contributed by atoms with Crippen LogP contribution in [0.25, 0.3) is 0 Å². The average molecular weight is 285 g/mol. The van der Waals surface area contributed by atoms with Crippen LogP contribution in [0.4, 0.5) is 11.5 Å². The third-order valence-corrected chi connectivity index (χ3v) is 3.55. The molecule has 5 heteroatoms. The summed E-state index contributed by atoms with van der Waals surface area (Å²) in [6.45, 7) is 5.24. The Bertz CT molecular complexity index is 382. The summed E-state index contributed by atoms with van der Waals surface area (Å²) < 4.78 is 0.927. The van der Waals surface area contributed by atoms with Gasteiger partial charge in [0.2, 0.25) is 0 Å². The van der Waals surface area contributed by atoms with Crippen LogP contribution in [-0.2, 0) is 0 Å². The van der Waals surface area contributed by atoms with Crippen molar-refractivity contribution in [1.82, 2.24) is 9.88 Å². The Morgan fingerprint density at radius 2 is 2.25 bits per heavy atom. The van der Waals surface area contributed by atoms with Crippen LogP contribution in [0.1, 0.15) is 6.92 Å². The van der Waals surface area contributed by atoms with Crippen LogP contribution in [0.3, 0.4) is 0 Å². The summed E-state index contributed by atoms with van der Waals surface area (Å²) in [5.74, 6) is 0.906. The third kappa shape index (κ3) is 2.30. The van der Waals surface area contributed by atoms with E-state index in [0.717, 1.165) is 35.6 Å². The Balaban J connectivity index is 2.18. The first-order valence-electron chi connectivity index (χ1n) is 5.44. The molecule has 1 aliphatic heterocycles. The summed E-state index contributed by atoms with van der Waals surface area (Å²) in [6.07, 6.45) is 1.80. The van der Waals surface area contributed by atoms with E-state index in [-0.39, 0.29) is 0 Å². The number of nitrogens with zero attached hydrogens (tertiary/aromatic N) is 3. The average Bonchev–Trinajstić information content (AvgIpc) is 2.22. The smallest absolute Gasteiger partial charge is 0.151 e. The number of aromatic nitrogens is 1. The van der Waals surface area contributed by atoms with Crippen LogP contribution in [0.15, 0.2) is 16.7 Å². The molecule has 2 N–H and O–H groups in total. The van der Waals surface area contributed by atoms with E-state index in [1.54, 1.807) is 6.20 Å². The van der Waals surface area contributed by atoms with Crippen molar-refractivity contribution < 1.29 is 0 Å². The number of nitrogens with two attached hydrogens (primary N) is 1. The maximum atomic E-state index is 5.98. The van der Waals surface area contributed by atoms with E-state index in [2.05, 4.69) is 44.7 Å². The molecule has 1 saturated heterocycles. The summed E-state index contributed by atoms with van der Waals surface area (Å²) in [5, 5.41) is 0. The van der Waals surface area contributed by atoms with Gasteiger partial charge in [-0.25, -0.2) is 4.98 Å². The number of piperazine rings is 1. The Morgan fingerprint density at radius 1 is 1.50 bits per heavy atom. The van der Waals surface area contributed by atoms with E-state index in [0.29, 0.717) is 6.04 Å². The van der Waals surface area contributed by atoms with Gasteiger partial charge in [0.25, 0.3) is 0 Å². The molecule has 2 heterocycles. The molecule has 1 aromatic rings. The number of likely N-dealkylation sites (N-methyl/N-ethyl adjacent to an activating group) is 1. The summed E-state index contributed by atoms with van der Waals surface area (Å²) in [6, 6.07) is 2.45. The van der Waals surface area contributed by atoms with Crippen LogP contribution >= 0.6 is 15.9 Å². The predicted octanol–water partition coefficient (Wildman–Crippen LogP) is 1.57. The molecule has 0 aromatic carbocycles. The second-order valence-electron chi connectivity index (χ2n) is 4.34. The lowest BCUT2D eigenvalue weighted by Crippen LogP contribution is -2.50. The van der Waals surface area contributed by atoms with Crippen LogP contribution in [0.2, 0.25) is 0 Å². The van der Waals surface area contributed by atoms with Crippen LogP contribution in [0.5, 0.6) is 0 Å². The highest BCUT2D eigenvalue weighted by atomic mass is 79.9. The Labute approximate surface area is 105 Å². The minimum Gasteiger partial charge on any atom is -0.396 e. The van der Waals surface area contributed by atoms with E-state index in [9.17, 15) is 0 Å². The molecule has 0 radical (unpaired) electrons.